The van der Waals surface area contributed by atoms with Crippen molar-refractivity contribution in [1.29, 1.82) is 0 Å². The molecule has 0 saturated carbocycles. The van der Waals surface area contributed by atoms with Gasteiger partial charge in [-0.05, 0) is 29.8 Å². The van der Waals surface area contributed by atoms with Gasteiger partial charge >= 0.3 is 0 Å². The number of carbonyl (C=O) groups is 1. The predicted molar refractivity (Wildman–Crippen MR) is 117 cm³/mol. The molecule has 0 aliphatic heterocycles. The molecule has 1 N–H and O–H groups in total. The molecular weight excluding hydrogens is 376 g/mol. The smallest absolute Gasteiger partial charge is 0.247 e. The Kier molecular flexibility index (Phi) is 5.85. The standard InChI is InChI=1S/C24H22N4O2/c1-28-21-13-7-6-12-20(21)26-23(28)15-24(29)27-25-16-19-11-5-8-14-22(19)30-17-18-9-3-2-4-10-18/h2-14,16H,15,17H2,1H3,(H,27,29)/b25-16+. The molecule has 0 aliphatic rings. The molecule has 0 unspecified atom stereocenters. The molecule has 0 aliphatic carbocycles. The van der Waals surface area contributed by atoms with Crippen molar-refractivity contribution in [2.45, 2.75) is 13.0 Å². The number of para-hydroxylation sites is 3. The van der Waals surface area contributed by atoms with E-state index in [4.69, 9.17) is 4.74 Å². The third-order valence-electron chi connectivity index (χ3n) is 4.75. The summed E-state index contributed by atoms with van der Waals surface area (Å²) < 4.78 is 7.83. The van der Waals surface area contributed by atoms with E-state index >= 15 is 0 Å². The van der Waals surface area contributed by atoms with E-state index in [0.717, 1.165) is 22.2 Å². The minimum Gasteiger partial charge on any atom is -0.488 e. The Morgan fingerprint density at radius 2 is 1.77 bits per heavy atom. The van der Waals surface area contributed by atoms with Gasteiger partial charge in [0.2, 0.25) is 5.91 Å². The summed E-state index contributed by atoms with van der Waals surface area (Å²) in [6.07, 6.45) is 1.74. The zero-order chi connectivity index (χ0) is 20.8. The minimum absolute atomic E-state index is 0.147. The number of carbonyl (C=O) groups excluding carboxylic acids is 1. The van der Waals surface area contributed by atoms with Crippen molar-refractivity contribution in [3.63, 3.8) is 0 Å². The Bertz CT molecular complexity index is 1180. The molecule has 4 rings (SSSR count). The van der Waals surface area contributed by atoms with E-state index in [2.05, 4.69) is 15.5 Å². The van der Waals surface area contributed by atoms with Crippen LogP contribution >= 0.6 is 0 Å². The number of hydrogen-bond acceptors (Lipinski definition) is 4. The lowest BCUT2D eigenvalue weighted by molar-refractivity contribution is -0.120. The maximum atomic E-state index is 12.3. The Labute approximate surface area is 174 Å². The van der Waals surface area contributed by atoms with Crippen molar-refractivity contribution in [2.24, 2.45) is 12.1 Å². The molecule has 1 aromatic heterocycles. The number of amides is 1. The first-order valence-electron chi connectivity index (χ1n) is 9.69. The van der Waals surface area contributed by atoms with Crippen molar-refractivity contribution in [3.8, 4) is 5.75 Å². The highest BCUT2D eigenvalue weighted by Crippen LogP contribution is 2.18. The fourth-order valence-electron chi connectivity index (χ4n) is 3.16. The van der Waals surface area contributed by atoms with E-state index in [1.54, 1.807) is 6.21 Å². The third-order valence-corrected chi connectivity index (χ3v) is 4.75. The number of fused-ring (bicyclic) bond motifs is 1. The van der Waals surface area contributed by atoms with Crippen LogP contribution in [0.4, 0.5) is 0 Å². The largest absolute Gasteiger partial charge is 0.488 e. The number of hydrazone groups is 1. The first-order chi connectivity index (χ1) is 14.7. The van der Waals surface area contributed by atoms with E-state index in [0.29, 0.717) is 18.2 Å². The molecule has 1 heterocycles. The summed E-state index contributed by atoms with van der Waals surface area (Å²) in [5, 5.41) is 4.10. The second-order valence-corrected chi connectivity index (χ2v) is 6.86. The lowest BCUT2D eigenvalue weighted by atomic mass is 10.2. The van der Waals surface area contributed by atoms with Crippen LogP contribution in [0.2, 0.25) is 0 Å². The first kappa shape index (κ1) is 19.4. The van der Waals surface area contributed by atoms with Crippen molar-refractivity contribution >= 4 is 23.2 Å². The maximum absolute atomic E-state index is 12.3. The van der Waals surface area contributed by atoms with Crippen molar-refractivity contribution in [2.75, 3.05) is 0 Å². The first-order valence-corrected chi connectivity index (χ1v) is 9.69. The fourth-order valence-corrected chi connectivity index (χ4v) is 3.16. The summed E-state index contributed by atoms with van der Waals surface area (Å²) in [5.74, 6) is 1.16. The number of nitrogens with one attached hydrogen (secondary N) is 1. The average Bonchev–Trinajstić information content (AvgIpc) is 3.09. The van der Waals surface area contributed by atoms with E-state index in [9.17, 15) is 4.79 Å². The quantitative estimate of drug-likeness (QED) is 0.380. The molecule has 0 bridgehead atoms. The molecule has 0 fully saturated rings. The summed E-state index contributed by atoms with van der Waals surface area (Å²) in [5.41, 5.74) is 6.31. The monoisotopic (exact) mass is 398 g/mol. The van der Waals surface area contributed by atoms with E-state index in [1.807, 2.05) is 90.5 Å². The van der Waals surface area contributed by atoms with E-state index in [-0.39, 0.29) is 12.3 Å². The number of benzene rings is 3. The molecule has 6 nitrogen and oxygen atoms in total. The van der Waals surface area contributed by atoms with Gasteiger partial charge in [0.15, 0.2) is 0 Å². The van der Waals surface area contributed by atoms with Crippen LogP contribution in [0.5, 0.6) is 5.75 Å². The van der Waals surface area contributed by atoms with Crippen molar-refractivity contribution < 1.29 is 9.53 Å². The molecular formula is C24H22N4O2. The normalized spacial score (nSPS) is 11.1. The third kappa shape index (κ3) is 4.55. The van der Waals surface area contributed by atoms with Crippen molar-refractivity contribution in [1.82, 2.24) is 15.0 Å². The Morgan fingerprint density at radius 1 is 1.03 bits per heavy atom. The van der Waals surface area contributed by atoms with Gasteiger partial charge in [-0.25, -0.2) is 10.4 Å². The molecule has 0 atom stereocenters. The SMILES string of the molecule is Cn1c(CC(=O)N/N=C/c2ccccc2OCc2ccccc2)nc2ccccc21. The van der Waals surface area contributed by atoms with Gasteiger partial charge in [0.25, 0.3) is 0 Å². The van der Waals surface area contributed by atoms with E-state index < -0.39 is 0 Å². The molecule has 30 heavy (non-hydrogen) atoms. The second kappa shape index (κ2) is 9.05. The van der Waals surface area contributed by atoms with Crippen LogP contribution in [0.3, 0.4) is 0 Å². The summed E-state index contributed by atoms with van der Waals surface area (Å²) in [4.78, 5) is 16.8. The van der Waals surface area contributed by atoms with Gasteiger partial charge in [0.1, 0.15) is 18.2 Å². The number of rotatable bonds is 7. The van der Waals surface area contributed by atoms with Gasteiger partial charge in [0.05, 0.1) is 23.7 Å². The highest BCUT2D eigenvalue weighted by atomic mass is 16.5. The van der Waals surface area contributed by atoms with Crippen LogP contribution < -0.4 is 10.2 Å². The lowest BCUT2D eigenvalue weighted by Crippen LogP contribution is -2.21. The van der Waals surface area contributed by atoms with Gasteiger partial charge in [-0.15, -0.1) is 0 Å². The van der Waals surface area contributed by atoms with Crippen LogP contribution in [-0.2, 0) is 24.9 Å². The number of aromatic nitrogens is 2. The summed E-state index contributed by atoms with van der Waals surface area (Å²) in [6.45, 7) is 0.463. The van der Waals surface area contributed by atoms with Gasteiger partial charge in [-0.1, -0.05) is 54.6 Å². The van der Waals surface area contributed by atoms with Crippen molar-refractivity contribution in [3.05, 3.63) is 95.8 Å². The second-order valence-electron chi connectivity index (χ2n) is 6.86. The van der Waals surface area contributed by atoms with E-state index in [1.165, 1.54) is 0 Å². The number of nitrogens with zero attached hydrogens (tertiary/aromatic N) is 3. The Balaban J connectivity index is 1.38. The summed E-state index contributed by atoms with van der Waals surface area (Å²) >= 11 is 0. The maximum Gasteiger partial charge on any atom is 0.247 e. The minimum atomic E-state index is -0.229. The van der Waals surface area contributed by atoms with Crippen LogP contribution in [0.1, 0.15) is 17.0 Å². The molecule has 3 aromatic carbocycles. The lowest BCUT2D eigenvalue weighted by Gasteiger charge is -2.09. The highest BCUT2D eigenvalue weighted by molar-refractivity contribution is 5.86. The molecule has 0 saturated heterocycles. The predicted octanol–water partition coefficient (Wildman–Crippen LogP) is 3.85. The van der Waals surface area contributed by atoms with Gasteiger partial charge in [-0.2, -0.15) is 5.10 Å². The number of ether oxygens (including phenoxy) is 1. The fraction of sp³-hybridized carbons (Fsp3) is 0.125. The highest BCUT2D eigenvalue weighted by Gasteiger charge is 2.11. The molecule has 4 aromatic rings. The van der Waals surface area contributed by atoms with Gasteiger partial charge in [-0.3, -0.25) is 4.79 Å². The Hall–Kier alpha value is -3.93. The zero-order valence-electron chi connectivity index (χ0n) is 16.7. The molecule has 6 heteroatoms. The summed E-state index contributed by atoms with van der Waals surface area (Å²) in [7, 11) is 1.90. The number of hydrogen-bond donors (Lipinski definition) is 1. The average molecular weight is 398 g/mol. The Morgan fingerprint density at radius 3 is 2.60 bits per heavy atom. The number of imidazole rings is 1. The van der Waals surface area contributed by atoms with Crippen LogP contribution in [0.15, 0.2) is 84.0 Å². The van der Waals surface area contributed by atoms with Gasteiger partial charge < -0.3 is 9.30 Å². The van der Waals surface area contributed by atoms with Crippen LogP contribution in [0, 0.1) is 0 Å². The topological polar surface area (TPSA) is 68.5 Å². The zero-order valence-corrected chi connectivity index (χ0v) is 16.7. The summed E-state index contributed by atoms with van der Waals surface area (Å²) in [6, 6.07) is 25.3. The molecule has 1 amide bonds. The molecule has 0 radical (unpaired) electrons. The van der Waals surface area contributed by atoms with Crippen LogP contribution in [-0.4, -0.2) is 21.7 Å². The van der Waals surface area contributed by atoms with Crippen LogP contribution in [0.25, 0.3) is 11.0 Å². The molecule has 150 valence electrons. The van der Waals surface area contributed by atoms with Gasteiger partial charge in [0, 0.05) is 12.6 Å². The number of aryl methyl sites for hydroxylation is 1. The molecule has 0 spiro atoms.